The normalized spacial score (nSPS) is 9.62. The molecule has 0 radical (unpaired) electrons. The van der Waals surface area contributed by atoms with Gasteiger partial charge in [0, 0.05) is 18.5 Å². The maximum absolute atomic E-state index is 10.9. The summed E-state index contributed by atoms with van der Waals surface area (Å²) in [7, 11) is 0. The third-order valence-electron chi connectivity index (χ3n) is 1.70. The molecule has 0 aromatic carbocycles. The molecule has 0 atom stereocenters. The van der Waals surface area contributed by atoms with Gasteiger partial charge in [0.25, 0.3) is 0 Å². The number of esters is 1. The fraction of sp³-hybridized carbons (Fsp3) is 0.636. The fourth-order valence-electron chi connectivity index (χ4n) is 0.806. The highest BCUT2D eigenvalue weighted by Crippen LogP contribution is 1.91. The fourth-order valence-corrected chi connectivity index (χ4v) is 0.806. The Morgan fingerprint density at radius 3 is 2.50 bits per heavy atom. The molecular weight excluding hydrogens is 210 g/mol. The minimum Gasteiger partial charge on any atom is -0.460 e. The monoisotopic (exact) mass is 229 g/mol. The Bertz CT molecular complexity index is 250. The van der Waals surface area contributed by atoms with Gasteiger partial charge < -0.3 is 14.8 Å². The zero-order chi connectivity index (χ0) is 12.4. The van der Waals surface area contributed by atoms with Crippen LogP contribution < -0.4 is 5.32 Å². The van der Waals surface area contributed by atoms with Crippen LogP contribution in [0.25, 0.3) is 0 Å². The zero-order valence-electron chi connectivity index (χ0n) is 9.88. The zero-order valence-corrected chi connectivity index (χ0v) is 9.88. The van der Waals surface area contributed by atoms with E-state index in [1.807, 2.05) is 0 Å². The molecule has 0 saturated heterocycles. The van der Waals surface area contributed by atoms with Gasteiger partial charge in [0.05, 0.1) is 13.2 Å². The van der Waals surface area contributed by atoms with E-state index < -0.39 is 5.97 Å². The summed E-state index contributed by atoms with van der Waals surface area (Å²) < 4.78 is 9.94. The topological polar surface area (TPSA) is 64.6 Å². The minimum absolute atomic E-state index is 0.00249. The van der Waals surface area contributed by atoms with Gasteiger partial charge in [-0.2, -0.15) is 0 Å². The van der Waals surface area contributed by atoms with E-state index in [0.717, 1.165) is 0 Å². The van der Waals surface area contributed by atoms with E-state index in [-0.39, 0.29) is 12.5 Å². The second-order valence-corrected chi connectivity index (χ2v) is 3.23. The molecule has 5 heteroatoms. The van der Waals surface area contributed by atoms with Crippen molar-refractivity contribution in [3.8, 4) is 0 Å². The van der Waals surface area contributed by atoms with E-state index in [1.165, 1.54) is 0 Å². The number of hydrogen-bond acceptors (Lipinski definition) is 4. The van der Waals surface area contributed by atoms with E-state index >= 15 is 0 Å². The van der Waals surface area contributed by atoms with Gasteiger partial charge in [-0.3, -0.25) is 4.79 Å². The summed E-state index contributed by atoms with van der Waals surface area (Å²) >= 11 is 0. The van der Waals surface area contributed by atoms with Gasteiger partial charge in [-0.15, -0.1) is 0 Å². The molecule has 0 aromatic heterocycles. The van der Waals surface area contributed by atoms with E-state index in [2.05, 4.69) is 11.9 Å². The molecule has 0 aliphatic rings. The molecule has 5 nitrogen and oxygen atoms in total. The number of rotatable bonds is 8. The van der Waals surface area contributed by atoms with Crippen LogP contribution in [0.5, 0.6) is 0 Å². The highest BCUT2D eigenvalue weighted by molar-refractivity contribution is 5.86. The van der Waals surface area contributed by atoms with Crippen LogP contribution in [0.15, 0.2) is 12.2 Å². The summed E-state index contributed by atoms with van der Waals surface area (Å²) in [4.78, 5) is 21.7. The second-order valence-electron chi connectivity index (χ2n) is 3.23. The van der Waals surface area contributed by atoms with Gasteiger partial charge in [-0.25, -0.2) is 4.79 Å². The largest absolute Gasteiger partial charge is 0.460 e. The predicted octanol–water partition coefficient (Wildman–Crippen LogP) is 0.648. The standard InChI is InChI=1S/C11H19NO4/c1-4-10(13)12-5-6-15-7-8-16-11(14)9(2)3/h2,4-8H2,1,3H3,(H,12,13). The Kier molecular flexibility index (Phi) is 8.15. The Balaban J connectivity index is 3.25. The highest BCUT2D eigenvalue weighted by Gasteiger charge is 2.01. The van der Waals surface area contributed by atoms with Crippen LogP contribution in [0.4, 0.5) is 0 Å². The average Bonchev–Trinajstić information content (AvgIpc) is 2.26. The van der Waals surface area contributed by atoms with Crippen LogP contribution in [0.3, 0.4) is 0 Å². The molecule has 1 N–H and O–H groups in total. The number of nitrogens with one attached hydrogen (secondary N) is 1. The SMILES string of the molecule is C=C(C)C(=O)OCCOCCNC(=O)CC. The van der Waals surface area contributed by atoms with Gasteiger partial charge >= 0.3 is 5.97 Å². The molecule has 0 aromatic rings. The lowest BCUT2D eigenvalue weighted by molar-refractivity contribution is -0.140. The van der Waals surface area contributed by atoms with Crippen molar-refractivity contribution in [3.05, 3.63) is 12.2 Å². The molecule has 1 amide bonds. The van der Waals surface area contributed by atoms with Crippen LogP contribution in [0.2, 0.25) is 0 Å². The van der Waals surface area contributed by atoms with Crippen molar-refractivity contribution in [2.75, 3.05) is 26.4 Å². The lowest BCUT2D eigenvalue weighted by Crippen LogP contribution is -2.26. The summed E-state index contributed by atoms with van der Waals surface area (Å²) in [5.74, 6) is -0.416. The summed E-state index contributed by atoms with van der Waals surface area (Å²) in [6, 6.07) is 0. The first-order chi connectivity index (χ1) is 7.57. The van der Waals surface area contributed by atoms with Crippen molar-refractivity contribution in [2.24, 2.45) is 0 Å². The van der Waals surface area contributed by atoms with Crippen molar-refractivity contribution in [3.63, 3.8) is 0 Å². The van der Waals surface area contributed by atoms with Crippen molar-refractivity contribution < 1.29 is 19.1 Å². The molecule has 0 fully saturated rings. The van der Waals surface area contributed by atoms with Crippen molar-refractivity contribution >= 4 is 11.9 Å². The first-order valence-corrected chi connectivity index (χ1v) is 5.25. The van der Waals surface area contributed by atoms with Crippen LogP contribution in [0, 0.1) is 0 Å². The number of hydrogen-bond donors (Lipinski definition) is 1. The lowest BCUT2D eigenvalue weighted by atomic mass is 10.4. The van der Waals surface area contributed by atoms with Gasteiger partial charge in [0.15, 0.2) is 0 Å². The van der Waals surface area contributed by atoms with Gasteiger partial charge in [0.2, 0.25) is 5.91 Å². The van der Waals surface area contributed by atoms with Crippen LogP contribution in [0.1, 0.15) is 20.3 Å². The van der Waals surface area contributed by atoms with E-state index in [9.17, 15) is 9.59 Å². The first kappa shape index (κ1) is 14.6. The summed E-state index contributed by atoms with van der Waals surface area (Å²) in [6.45, 7) is 8.23. The molecule has 0 saturated carbocycles. The van der Waals surface area contributed by atoms with Crippen LogP contribution in [-0.2, 0) is 19.1 Å². The van der Waals surface area contributed by atoms with Gasteiger partial charge in [0.1, 0.15) is 6.61 Å². The summed E-state index contributed by atoms with van der Waals surface area (Å²) in [5.41, 5.74) is 0.371. The lowest BCUT2D eigenvalue weighted by Gasteiger charge is -2.06. The summed E-state index contributed by atoms with van der Waals surface area (Å²) in [6.07, 6.45) is 0.468. The third-order valence-corrected chi connectivity index (χ3v) is 1.70. The Morgan fingerprint density at radius 2 is 1.94 bits per heavy atom. The van der Waals surface area contributed by atoms with E-state index in [1.54, 1.807) is 13.8 Å². The molecular formula is C11H19NO4. The van der Waals surface area contributed by atoms with Gasteiger partial charge in [-0.1, -0.05) is 13.5 Å². The Hall–Kier alpha value is -1.36. The number of amides is 1. The molecule has 0 unspecified atom stereocenters. The average molecular weight is 229 g/mol. The number of ether oxygens (including phenoxy) is 2. The molecule has 0 aliphatic heterocycles. The van der Waals surface area contributed by atoms with Crippen molar-refractivity contribution in [1.29, 1.82) is 0 Å². The molecule has 0 bridgehead atoms. The molecule has 0 heterocycles. The van der Waals surface area contributed by atoms with E-state index in [4.69, 9.17) is 9.47 Å². The minimum atomic E-state index is -0.414. The molecule has 92 valence electrons. The molecule has 0 rings (SSSR count). The van der Waals surface area contributed by atoms with Crippen LogP contribution >= 0.6 is 0 Å². The second kappa shape index (κ2) is 8.91. The Morgan fingerprint density at radius 1 is 1.25 bits per heavy atom. The molecule has 16 heavy (non-hydrogen) atoms. The smallest absolute Gasteiger partial charge is 0.333 e. The van der Waals surface area contributed by atoms with Crippen LogP contribution in [-0.4, -0.2) is 38.2 Å². The number of carbonyl (C=O) groups is 2. The highest BCUT2D eigenvalue weighted by atomic mass is 16.6. The maximum atomic E-state index is 10.9. The van der Waals surface area contributed by atoms with Crippen molar-refractivity contribution in [2.45, 2.75) is 20.3 Å². The van der Waals surface area contributed by atoms with Crippen molar-refractivity contribution in [1.82, 2.24) is 5.32 Å². The Labute approximate surface area is 95.8 Å². The molecule has 0 aliphatic carbocycles. The first-order valence-electron chi connectivity index (χ1n) is 5.25. The quantitative estimate of drug-likeness (QED) is 0.377. The van der Waals surface area contributed by atoms with Gasteiger partial charge in [-0.05, 0) is 6.92 Å². The predicted molar refractivity (Wildman–Crippen MR) is 59.9 cm³/mol. The van der Waals surface area contributed by atoms with E-state index in [0.29, 0.717) is 31.8 Å². The number of carbonyl (C=O) groups excluding carboxylic acids is 2. The molecule has 0 spiro atoms. The maximum Gasteiger partial charge on any atom is 0.333 e. The summed E-state index contributed by atoms with van der Waals surface area (Å²) in [5, 5.41) is 2.66. The third kappa shape index (κ3) is 7.99.